The number of carboxylic acid groups (broad SMARTS) is 1. The van der Waals surface area contributed by atoms with Crippen molar-refractivity contribution in [2.45, 2.75) is 12.3 Å². The molecular weight excluding hydrogens is 178 g/mol. The van der Waals surface area contributed by atoms with E-state index in [4.69, 9.17) is 5.11 Å². The van der Waals surface area contributed by atoms with E-state index in [9.17, 15) is 4.79 Å². The van der Waals surface area contributed by atoms with E-state index >= 15 is 0 Å². The van der Waals surface area contributed by atoms with E-state index in [1.54, 1.807) is 18.2 Å². The number of hydrogen-bond acceptors (Lipinski definition) is 2. The average molecular weight is 189 g/mol. The van der Waals surface area contributed by atoms with Crippen molar-refractivity contribution in [1.29, 1.82) is 0 Å². The van der Waals surface area contributed by atoms with Crippen LogP contribution in [0.2, 0.25) is 0 Å². The van der Waals surface area contributed by atoms with Crippen LogP contribution in [0.1, 0.15) is 28.3 Å². The summed E-state index contributed by atoms with van der Waals surface area (Å²) in [6.07, 6.45) is 2.82. The lowest BCUT2D eigenvalue weighted by atomic mass is 9.96. The molecule has 0 saturated carbocycles. The third kappa shape index (κ3) is 1.66. The lowest BCUT2D eigenvalue weighted by Crippen LogP contribution is -2.01. The average Bonchev–Trinajstić information content (AvgIpc) is 2.71. The Labute approximate surface area is 82.1 Å². The van der Waals surface area contributed by atoms with Crippen LogP contribution in [0.4, 0.5) is 0 Å². The number of benzene rings is 1. The van der Waals surface area contributed by atoms with Crippen LogP contribution in [-0.4, -0.2) is 23.8 Å². The molecule has 0 saturated heterocycles. The van der Waals surface area contributed by atoms with Crippen molar-refractivity contribution in [2.24, 2.45) is 4.99 Å². The van der Waals surface area contributed by atoms with Gasteiger partial charge in [0.15, 0.2) is 0 Å². The molecule has 1 heterocycles. The fourth-order valence-electron chi connectivity index (χ4n) is 1.65. The summed E-state index contributed by atoms with van der Waals surface area (Å²) in [6.45, 7) is 0.781. The SMILES string of the molecule is O=C(O)c1cccc(C2CC=NC2)c1. The van der Waals surface area contributed by atoms with E-state index < -0.39 is 5.97 Å². The second-order valence-electron chi connectivity index (χ2n) is 3.41. The Morgan fingerprint density at radius 2 is 2.36 bits per heavy atom. The molecule has 0 spiro atoms. The first-order valence-corrected chi connectivity index (χ1v) is 4.59. The van der Waals surface area contributed by atoms with Crippen LogP contribution in [0.25, 0.3) is 0 Å². The molecule has 1 N–H and O–H groups in total. The minimum Gasteiger partial charge on any atom is -0.478 e. The van der Waals surface area contributed by atoms with Crippen LogP contribution >= 0.6 is 0 Å². The number of aliphatic imine (C=N–C) groups is 1. The highest BCUT2D eigenvalue weighted by Crippen LogP contribution is 2.23. The van der Waals surface area contributed by atoms with E-state index in [2.05, 4.69) is 4.99 Å². The molecule has 1 aromatic carbocycles. The van der Waals surface area contributed by atoms with E-state index in [0.29, 0.717) is 11.5 Å². The maximum atomic E-state index is 10.7. The second-order valence-corrected chi connectivity index (χ2v) is 3.41. The summed E-state index contributed by atoms with van der Waals surface area (Å²) in [5.41, 5.74) is 1.43. The van der Waals surface area contributed by atoms with Gasteiger partial charge in [0.1, 0.15) is 0 Å². The van der Waals surface area contributed by atoms with Crippen molar-refractivity contribution in [3.05, 3.63) is 35.4 Å². The predicted octanol–water partition coefficient (Wildman–Crippen LogP) is 1.94. The van der Waals surface area contributed by atoms with Gasteiger partial charge in [0.05, 0.1) is 5.56 Å². The third-order valence-electron chi connectivity index (χ3n) is 2.45. The van der Waals surface area contributed by atoms with Gasteiger partial charge in [-0.05, 0) is 30.3 Å². The fraction of sp³-hybridized carbons (Fsp3) is 0.273. The molecule has 0 bridgehead atoms. The van der Waals surface area contributed by atoms with Crippen molar-refractivity contribution >= 4 is 12.2 Å². The smallest absolute Gasteiger partial charge is 0.335 e. The fourth-order valence-corrected chi connectivity index (χ4v) is 1.65. The first-order chi connectivity index (χ1) is 6.77. The summed E-state index contributed by atoms with van der Waals surface area (Å²) in [4.78, 5) is 14.9. The second kappa shape index (κ2) is 3.62. The van der Waals surface area contributed by atoms with Gasteiger partial charge >= 0.3 is 5.97 Å². The molecule has 3 heteroatoms. The summed E-state index contributed by atoms with van der Waals surface area (Å²) in [5, 5.41) is 8.82. The first kappa shape index (κ1) is 8.94. The number of rotatable bonds is 2. The van der Waals surface area contributed by atoms with Gasteiger partial charge in [-0.1, -0.05) is 12.1 Å². The number of carboxylic acids is 1. The zero-order valence-corrected chi connectivity index (χ0v) is 7.68. The van der Waals surface area contributed by atoms with Crippen molar-refractivity contribution in [2.75, 3.05) is 6.54 Å². The van der Waals surface area contributed by atoms with E-state index in [-0.39, 0.29) is 0 Å². The molecule has 0 fully saturated rings. The van der Waals surface area contributed by atoms with E-state index in [0.717, 1.165) is 18.5 Å². The van der Waals surface area contributed by atoms with Crippen LogP contribution in [0.3, 0.4) is 0 Å². The number of aromatic carboxylic acids is 1. The van der Waals surface area contributed by atoms with Gasteiger partial charge in [-0.3, -0.25) is 4.99 Å². The van der Waals surface area contributed by atoms with E-state index in [1.165, 1.54) is 0 Å². The molecule has 1 unspecified atom stereocenters. The summed E-state index contributed by atoms with van der Waals surface area (Å²) in [5.74, 6) is -0.500. The lowest BCUT2D eigenvalue weighted by Gasteiger charge is -2.08. The van der Waals surface area contributed by atoms with Crippen LogP contribution in [0, 0.1) is 0 Å². The third-order valence-corrected chi connectivity index (χ3v) is 2.45. The Balaban J connectivity index is 2.26. The summed E-state index contributed by atoms with van der Waals surface area (Å²) in [7, 11) is 0. The number of carbonyl (C=O) groups is 1. The summed E-state index contributed by atoms with van der Waals surface area (Å²) >= 11 is 0. The molecular formula is C11H11NO2. The highest BCUT2D eigenvalue weighted by Gasteiger charge is 2.14. The van der Waals surface area contributed by atoms with Crippen LogP contribution in [0.5, 0.6) is 0 Å². The Kier molecular flexibility index (Phi) is 2.31. The van der Waals surface area contributed by atoms with Crippen molar-refractivity contribution in [3.8, 4) is 0 Å². The first-order valence-electron chi connectivity index (χ1n) is 4.59. The molecule has 72 valence electrons. The standard InChI is InChI=1S/C11H11NO2/c13-11(14)9-3-1-2-8(6-9)10-4-5-12-7-10/h1-3,5-6,10H,4,7H2,(H,13,14). The minimum atomic E-state index is -0.870. The lowest BCUT2D eigenvalue weighted by molar-refractivity contribution is 0.0697. The van der Waals surface area contributed by atoms with E-state index in [1.807, 2.05) is 12.3 Å². The highest BCUT2D eigenvalue weighted by molar-refractivity contribution is 5.87. The molecule has 14 heavy (non-hydrogen) atoms. The largest absolute Gasteiger partial charge is 0.478 e. The van der Waals surface area contributed by atoms with Crippen LogP contribution in [-0.2, 0) is 0 Å². The molecule has 0 amide bonds. The molecule has 1 atom stereocenters. The van der Waals surface area contributed by atoms with Gasteiger partial charge in [-0.25, -0.2) is 4.79 Å². The maximum Gasteiger partial charge on any atom is 0.335 e. The Hall–Kier alpha value is -1.64. The monoisotopic (exact) mass is 189 g/mol. The summed E-state index contributed by atoms with van der Waals surface area (Å²) < 4.78 is 0. The minimum absolute atomic E-state index is 0.356. The van der Waals surface area contributed by atoms with Crippen LogP contribution < -0.4 is 0 Å². The van der Waals surface area contributed by atoms with Crippen molar-refractivity contribution in [3.63, 3.8) is 0 Å². The molecule has 3 nitrogen and oxygen atoms in total. The Morgan fingerprint density at radius 1 is 1.50 bits per heavy atom. The number of nitrogens with zero attached hydrogens (tertiary/aromatic N) is 1. The van der Waals surface area contributed by atoms with Gasteiger partial charge in [0, 0.05) is 12.5 Å². The molecule has 0 aromatic heterocycles. The van der Waals surface area contributed by atoms with Gasteiger partial charge in [-0.2, -0.15) is 0 Å². The van der Waals surface area contributed by atoms with Crippen molar-refractivity contribution < 1.29 is 9.90 Å². The zero-order chi connectivity index (χ0) is 9.97. The zero-order valence-electron chi connectivity index (χ0n) is 7.68. The highest BCUT2D eigenvalue weighted by atomic mass is 16.4. The molecule has 0 radical (unpaired) electrons. The normalized spacial score (nSPS) is 19.9. The molecule has 0 aliphatic carbocycles. The molecule has 1 aromatic rings. The van der Waals surface area contributed by atoms with Gasteiger partial charge in [0.25, 0.3) is 0 Å². The topological polar surface area (TPSA) is 49.7 Å². The van der Waals surface area contributed by atoms with Crippen molar-refractivity contribution in [1.82, 2.24) is 0 Å². The quantitative estimate of drug-likeness (QED) is 0.772. The molecule has 1 aliphatic heterocycles. The predicted molar refractivity (Wildman–Crippen MR) is 54.1 cm³/mol. The van der Waals surface area contributed by atoms with Crippen LogP contribution in [0.15, 0.2) is 29.3 Å². The van der Waals surface area contributed by atoms with Gasteiger partial charge in [0.2, 0.25) is 0 Å². The van der Waals surface area contributed by atoms with Gasteiger partial charge in [-0.15, -0.1) is 0 Å². The maximum absolute atomic E-state index is 10.7. The Bertz CT molecular complexity index is 377. The molecule has 1 aliphatic rings. The summed E-state index contributed by atoms with van der Waals surface area (Å²) in [6, 6.07) is 7.10. The van der Waals surface area contributed by atoms with Gasteiger partial charge < -0.3 is 5.11 Å². The molecule has 2 rings (SSSR count). The Morgan fingerprint density at radius 3 is 3.00 bits per heavy atom. The number of hydrogen-bond donors (Lipinski definition) is 1.